The van der Waals surface area contributed by atoms with Crippen molar-refractivity contribution in [2.24, 2.45) is 5.10 Å². The molecule has 0 atom stereocenters. The Morgan fingerprint density at radius 3 is 2.29 bits per heavy atom. The minimum atomic E-state index is -0.490. The van der Waals surface area contributed by atoms with Gasteiger partial charge < -0.3 is 9.47 Å². The minimum Gasteiger partial charge on any atom is -0.488 e. The van der Waals surface area contributed by atoms with E-state index in [9.17, 15) is 9.59 Å². The standard InChI is InChI=1S/C28H21BrN2O4/c29-23-15-16-25(35-28(33)21-11-5-2-6-12-21)22(17-23)18-30-31-27(32)24-13-7-8-14-26(24)34-19-20-9-3-1-4-10-20/h1-18H,19H2,(H,31,32)/b30-18+. The molecule has 0 aliphatic carbocycles. The van der Waals surface area contributed by atoms with Gasteiger partial charge in [0.15, 0.2) is 0 Å². The number of nitrogens with one attached hydrogen (secondary N) is 1. The zero-order valence-corrected chi connectivity index (χ0v) is 20.1. The van der Waals surface area contributed by atoms with Gasteiger partial charge in [0.1, 0.15) is 18.1 Å². The van der Waals surface area contributed by atoms with Crippen LogP contribution in [0.15, 0.2) is 113 Å². The number of hydrazone groups is 1. The molecule has 35 heavy (non-hydrogen) atoms. The second kappa shape index (κ2) is 11.8. The SMILES string of the molecule is O=C(Oc1ccc(Br)cc1/C=N/NC(=O)c1ccccc1OCc1ccccc1)c1ccccc1. The molecular weight excluding hydrogens is 508 g/mol. The lowest BCUT2D eigenvalue weighted by atomic mass is 10.2. The molecule has 0 aliphatic rings. The third-order valence-electron chi connectivity index (χ3n) is 4.92. The van der Waals surface area contributed by atoms with Crippen LogP contribution in [0.25, 0.3) is 0 Å². The predicted octanol–water partition coefficient (Wildman–Crippen LogP) is 6.01. The first-order valence-corrected chi connectivity index (χ1v) is 11.6. The number of amides is 1. The molecule has 1 amide bonds. The topological polar surface area (TPSA) is 77.0 Å². The smallest absolute Gasteiger partial charge is 0.343 e. The number of ether oxygens (including phenoxy) is 2. The van der Waals surface area contributed by atoms with E-state index in [1.54, 1.807) is 66.7 Å². The molecular formula is C28H21BrN2O4. The van der Waals surface area contributed by atoms with Gasteiger partial charge in [-0.05, 0) is 48.0 Å². The highest BCUT2D eigenvalue weighted by Crippen LogP contribution is 2.23. The Bertz CT molecular complexity index is 1340. The average molecular weight is 529 g/mol. The van der Waals surface area contributed by atoms with Crippen LogP contribution in [-0.2, 0) is 6.61 Å². The van der Waals surface area contributed by atoms with Crippen LogP contribution < -0.4 is 14.9 Å². The van der Waals surface area contributed by atoms with Crippen molar-refractivity contribution in [2.45, 2.75) is 6.61 Å². The normalized spacial score (nSPS) is 10.7. The van der Waals surface area contributed by atoms with Gasteiger partial charge in [-0.1, -0.05) is 76.6 Å². The highest BCUT2D eigenvalue weighted by atomic mass is 79.9. The number of nitrogens with zero attached hydrogens (tertiary/aromatic N) is 1. The van der Waals surface area contributed by atoms with Crippen molar-refractivity contribution in [1.29, 1.82) is 0 Å². The van der Waals surface area contributed by atoms with E-state index < -0.39 is 11.9 Å². The quantitative estimate of drug-likeness (QED) is 0.131. The van der Waals surface area contributed by atoms with Crippen LogP contribution in [0.2, 0.25) is 0 Å². The van der Waals surface area contributed by atoms with E-state index in [0.29, 0.717) is 34.8 Å². The number of carbonyl (C=O) groups excluding carboxylic acids is 2. The Morgan fingerprint density at radius 2 is 1.51 bits per heavy atom. The maximum atomic E-state index is 12.8. The Morgan fingerprint density at radius 1 is 0.829 bits per heavy atom. The fraction of sp³-hybridized carbons (Fsp3) is 0.0357. The van der Waals surface area contributed by atoms with E-state index in [1.165, 1.54) is 6.21 Å². The monoisotopic (exact) mass is 528 g/mol. The van der Waals surface area contributed by atoms with Crippen LogP contribution in [0.4, 0.5) is 0 Å². The Hall–Kier alpha value is -4.23. The summed E-state index contributed by atoms with van der Waals surface area (Å²) in [5.74, 6) is -0.158. The third-order valence-corrected chi connectivity index (χ3v) is 5.42. The maximum Gasteiger partial charge on any atom is 0.343 e. The van der Waals surface area contributed by atoms with Gasteiger partial charge in [-0.3, -0.25) is 4.79 Å². The van der Waals surface area contributed by atoms with Crippen LogP contribution in [-0.4, -0.2) is 18.1 Å². The molecule has 1 N–H and O–H groups in total. The molecule has 0 aromatic heterocycles. The van der Waals surface area contributed by atoms with Gasteiger partial charge in [0.2, 0.25) is 0 Å². The van der Waals surface area contributed by atoms with Gasteiger partial charge >= 0.3 is 5.97 Å². The zero-order chi connectivity index (χ0) is 24.5. The average Bonchev–Trinajstić information content (AvgIpc) is 2.90. The van der Waals surface area contributed by atoms with Crippen molar-refractivity contribution in [1.82, 2.24) is 5.43 Å². The molecule has 0 radical (unpaired) electrons. The number of carbonyl (C=O) groups is 2. The van der Waals surface area contributed by atoms with Crippen molar-refractivity contribution >= 4 is 34.0 Å². The first kappa shape index (κ1) is 23.9. The molecule has 0 unspecified atom stereocenters. The number of halogens is 1. The van der Waals surface area contributed by atoms with Crippen LogP contribution >= 0.6 is 15.9 Å². The summed E-state index contributed by atoms with van der Waals surface area (Å²) < 4.78 is 12.2. The number of rotatable bonds is 8. The minimum absolute atomic E-state index is 0.312. The highest BCUT2D eigenvalue weighted by Gasteiger charge is 2.13. The van der Waals surface area contributed by atoms with Gasteiger partial charge in [0.25, 0.3) is 5.91 Å². The van der Waals surface area contributed by atoms with Crippen molar-refractivity contribution in [3.63, 3.8) is 0 Å². The molecule has 0 bridgehead atoms. The lowest BCUT2D eigenvalue weighted by Crippen LogP contribution is -2.19. The molecule has 0 saturated carbocycles. The molecule has 0 saturated heterocycles. The molecule has 0 spiro atoms. The number of esters is 1. The van der Waals surface area contributed by atoms with Crippen molar-refractivity contribution in [2.75, 3.05) is 0 Å². The number of hydrogen-bond donors (Lipinski definition) is 1. The Labute approximate surface area is 211 Å². The molecule has 6 nitrogen and oxygen atoms in total. The number of benzene rings is 4. The summed E-state index contributed by atoms with van der Waals surface area (Å²) in [5.41, 5.74) is 4.80. The first-order chi connectivity index (χ1) is 17.1. The summed E-state index contributed by atoms with van der Waals surface area (Å²) in [7, 11) is 0. The molecule has 4 rings (SSSR count). The zero-order valence-electron chi connectivity index (χ0n) is 18.6. The third kappa shape index (κ3) is 6.65. The highest BCUT2D eigenvalue weighted by molar-refractivity contribution is 9.10. The summed E-state index contributed by atoms with van der Waals surface area (Å²) >= 11 is 3.41. The second-order valence-corrected chi connectivity index (χ2v) is 8.32. The second-order valence-electron chi connectivity index (χ2n) is 7.41. The number of para-hydroxylation sites is 1. The van der Waals surface area contributed by atoms with Crippen LogP contribution in [0.3, 0.4) is 0 Å². The Kier molecular flexibility index (Phi) is 8.04. The van der Waals surface area contributed by atoms with Gasteiger partial charge in [-0.15, -0.1) is 0 Å². The van der Waals surface area contributed by atoms with Crippen LogP contribution in [0.1, 0.15) is 31.8 Å². The predicted molar refractivity (Wildman–Crippen MR) is 138 cm³/mol. The molecule has 4 aromatic carbocycles. The van der Waals surface area contributed by atoms with Crippen molar-refractivity contribution < 1.29 is 19.1 Å². The molecule has 0 aliphatic heterocycles. The largest absolute Gasteiger partial charge is 0.488 e. The van der Waals surface area contributed by atoms with Crippen molar-refractivity contribution in [3.05, 3.63) is 130 Å². The van der Waals surface area contributed by atoms with Gasteiger partial charge in [-0.25, -0.2) is 10.2 Å². The van der Waals surface area contributed by atoms with E-state index in [2.05, 4.69) is 26.5 Å². The maximum absolute atomic E-state index is 12.8. The fourth-order valence-corrected chi connectivity index (χ4v) is 3.56. The summed E-state index contributed by atoms with van der Waals surface area (Å²) in [6.45, 7) is 0.336. The fourth-order valence-electron chi connectivity index (χ4n) is 3.18. The van der Waals surface area contributed by atoms with E-state index in [-0.39, 0.29) is 0 Å². The summed E-state index contributed by atoms with van der Waals surface area (Å²) in [5, 5.41) is 4.07. The summed E-state index contributed by atoms with van der Waals surface area (Å²) in [6.07, 6.45) is 1.42. The van der Waals surface area contributed by atoms with Gasteiger partial charge in [0, 0.05) is 10.0 Å². The lowest BCUT2D eigenvalue weighted by molar-refractivity contribution is 0.0734. The first-order valence-electron chi connectivity index (χ1n) is 10.8. The van der Waals surface area contributed by atoms with E-state index in [4.69, 9.17) is 9.47 Å². The molecule has 174 valence electrons. The lowest BCUT2D eigenvalue weighted by Gasteiger charge is -2.10. The molecule has 4 aromatic rings. The molecule has 7 heteroatoms. The van der Waals surface area contributed by atoms with Gasteiger partial charge in [0.05, 0.1) is 17.3 Å². The van der Waals surface area contributed by atoms with Crippen molar-refractivity contribution in [3.8, 4) is 11.5 Å². The molecule has 0 fully saturated rings. The van der Waals surface area contributed by atoms with Gasteiger partial charge in [-0.2, -0.15) is 5.10 Å². The number of hydrogen-bond acceptors (Lipinski definition) is 5. The van der Waals surface area contributed by atoms with E-state index in [1.807, 2.05) is 36.4 Å². The Balaban J connectivity index is 1.45. The van der Waals surface area contributed by atoms with E-state index in [0.717, 1.165) is 10.0 Å². The molecule has 0 heterocycles. The van der Waals surface area contributed by atoms with Crippen LogP contribution in [0, 0.1) is 0 Å². The summed E-state index contributed by atoms with van der Waals surface area (Å²) in [4.78, 5) is 25.2. The van der Waals surface area contributed by atoms with Crippen LogP contribution in [0.5, 0.6) is 11.5 Å². The van der Waals surface area contributed by atoms with E-state index >= 15 is 0 Å². The summed E-state index contributed by atoms with van der Waals surface area (Å²) in [6, 6.07) is 30.5.